The molecule has 3 aromatic carbocycles. The Hall–Kier alpha value is -2.68. The summed E-state index contributed by atoms with van der Waals surface area (Å²) in [5.41, 5.74) is 7.70. The minimum absolute atomic E-state index is 0.408. The Morgan fingerprint density at radius 2 is 1.37 bits per heavy atom. The molecule has 3 aromatic rings. The van der Waals surface area contributed by atoms with Crippen LogP contribution in [0.4, 0.5) is 14.5 Å². The number of halogens is 2. The highest BCUT2D eigenvalue weighted by Gasteiger charge is 2.14. The zero-order valence-electron chi connectivity index (χ0n) is 15.7. The van der Waals surface area contributed by atoms with Gasteiger partial charge in [0, 0.05) is 0 Å². The molecule has 0 bridgehead atoms. The molecule has 0 aliphatic rings. The molecule has 0 atom stereocenters. The van der Waals surface area contributed by atoms with Crippen molar-refractivity contribution in [1.82, 2.24) is 0 Å². The van der Waals surface area contributed by atoms with Gasteiger partial charge in [0.1, 0.15) is 5.69 Å². The van der Waals surface area contributed by atoms with E-state index in [1.807, 2.05) is 24.2 Å². The first-order chi connectivity index (χ1) is 12.8. The molecule has 0 saturated carbocycles. The third-order valence-electron chi connectivity index (χ3n) is 4.68. The second-order valence-electron chi connectivity index (χ2n) is 6.80. The standard InChI is InChI=1S/C23H19F2NS/c1-13-7-15(3)22(16(4)8-13)17-5-6-19(14(2)9-17)18-10-20(24)23(26-12-27)21(25)11-18/h5-11H,1-4H3. The minimum Gasteiger partial charge on any atom is -0.204 e. The van der Waals surface area contributed by atoms with Crippen LogP contribution in [0.5, 0.6) is 0 Å². The van der Waals surface area contributed by atoms with E-state index in [0.29, 0.717) is 5.56 Å². The van der Waals surface area contributed by atoms with Crippen LogP contribution in [0.1, 0.15) is 22.3 Å². The molecule has 0 aliphatic carbocycles. The summed E-state index contributed by atoms with van der Waals surface area (Å²) < 4.78 is 28.4. The van der Waals surface area contributed by atoms with Crippen molar-refractivity contribution >= 4 is 23.1 Å². The highest BCUT2D eigenvalue weighted by atomic mass is 32.1. The first-order valence-corrected chi connectivity index (χ1v) is 8.98. The average Bonchev–Trinajstić information content (AvgIpc) is 2.57. The van der Waals surface area contributed by atoms with E-state index in [-0.39, 0.29) is 0 Å². The van der Waals surface area contributed by atoms with Gasteiger partial charge < -0.3 is 0 Å². The smallest absolute Gasteiger partial charge is 0.153 e. The van der Waals surface area contributed by atoms with Gasteiger partial charge in [-0.05, 0) is 91.0 Å². The fourth-order valence-corrected chi connectivity index (χ4v) is 3.74. The van der Waals surface area contributed by atoms with Gasteiger partial charge in [-0.15, -0.1) is 0 Å². The number of benzene rings is 3. The van der Waals surface area contributed by atoms with E-state index >= 15 is 0 Å². The van der Waals surface area contributed by atoms with Gasteiger partial charge >= 0.3 is 0 Å². The molecule has 0 radical (unpaired) electrons. The maximum Gasteiger partial charge on any atom is 0.153 e. The Morgan fingerprint density at radius 1 is 0.778 bits per heavy atom. The third-order valence-corrected chi connectivity index (χ3v) is 4.77. The van der Waals surface area contributed by atoms with Crippen molar-refractivity contribution in [3.63, 3.8) is 0 Å². The van der Waals surface area contributed by atoms with Crippen LogP contribution in [0, 0.1) is 39.3 Å². The molecule has 0 saturated heterocycles. The first-order valence-electron chi connectivity index (χ1n) is 8.58. The van der Waals surface area contributed by atoms with Crippen molar-refractivity contribution in [3.8, 4) is 22.3 Å². The van der Waals surface area contributed by atoms with Gasteiger partial charge in [-0.25, -0.2) is 8.78 Å². The first kappa shape index (κ1) is 19.1. The summed E-state index contributed by atoms with van der Waals surface area (Å²) in [4.78, 5) is 3.46. The summed E-state index contributed by atoms with van der Waals surface area (Å²) in [5, 5.41) is 2.00. The van der Waals surface area contributed by atoms with Crippen molar-refractivity contribution < 1.29 is 8.78 Å². The summed E-state index contributed by atoms with van der Waals surface area (Å²) in [6.45, 7) is 8.22. The molecule has 0 aliphatic heterocycles. The molecule has 27 heavy (non-hydrogen) atoms. The normalized spacial score (nSPS) is 10.6. The van der Waals surface area contributed by atoms with Crippen molar-refractivity contribution in [2.75, 3.05) is 0 Å². The monoisotopic (exact) mass is 379 g/mol. The molecule has 4 heteroatoms. The SMILES string of the molecule is Cc1cc(C)c(-c2ccc(-c3cc(F)c(N=C=S)c(F)c3)c(C)c2)c(C)c1. The molecule has 0 N–H and O–H groups in total. The van der Waals surface area contributed by atoms with Gasteiger partial charge in [0.25, 0.3) is 0 Å². The van der Waals surface area contributed by atoms with Gasteiger partial charge in [0.2, 0.25) is 0 Å². The number of rotatable bonds is 3. The molecular weight excluding hydrogens is 360 g/mol. The zero-order valence-corrected chi connectivity index (χ0v) is 16.5. The summed E-state index contributed by atoms with van der Waals surface area (Å²) in [6.07, 6.45) is 0. The molecule has 0 fully saturated rings. The third kappa shape index (κ3) is 3.73. The van der Waals surface area contributed by atoms with Crippen LogP contribution in [0.15, 0.2) is 47.5 Å². The lowest BCUT2D eigenvalue weighted by Crippen LogP contribution is -1.93. The quantitative estimate of drug-likeness (QED) is 0.344. The number of aliphatic imine (C=N–C) groups is 1. The number of aryl methyl sites for hydroxylation is 4. The summed E-state index contributed by atoms with van der Waals surface area (Å²) in [6, 6.07) is 12.8. The highest BCUT2D eigenvalue weighted by molar-refractivity contribution is 7.78. The number of isothiocyanates is 1. The molecule has 0 spiro atoms. The lowest BCUT2D eigenvalue weighted by atomic mass is 9.90. The Kier molecular flexibility index (Phi) is 5.31. The van der Waals surface area contributed by atoms with E-state index in [4.69, 9.17) is 0 Å². The van der Waals surface area contributed by atoms with E-state index in [2.05, 4.69) is 56.2 Å². The van der Waals surface area contributed by atoms with Crippen LogP contribution in [-0.2, 0) is 0 Å². The number of hydrogen-bond acceptors (Lipinski definition) is 2. The van der Waals surface area contributed by atoms with Crippen molar-refractivity contribution in [2.24, 2.45) is 4.99 Å². The van der Waals surface area contributed by atoms with E-state index in [1.54, 1.807) is 0 Å². The van der Waals surface area contributed by atoms with Gasteiger partial charge in [-0.3, -0.25) is 0 Å². The summed E-state index contributed by atoms with van der Waals surface area (Å²) in [5.74, 6) is -1.51. The second-order valence-corrected chi connectivity index (χ2v) is 6.98. The summed E-state index contributed by atoms with van der Waals surface area (Å²) >= 11 is 4.44. The van der Waals surface area contributed by atoms with E-state index < -0.39 is 17.3 Å². The van der Waals surface area contributed by atoms with E-state index in [1.165, 1.54) is 34.4 Å². The molecule has 0 unspecified atom stereocenters. The molecule has 0 heterocycles. The van der Waals surface area contributed by atoms with Crippen LogP contribution in [0.3, 0.4) is 0 Å². The highest BCUT2D eigenvalue weighted by Crippen LogP contribution is 2.34. The van der Waals surface area contributed by atoms with Crippen molar-refractivity contribution in [1.29, 1.82) is 0 Å². The second kappa shape index (κ2) is 7.51. The van der Waals surface area contributed by atoms with Gasteiger partial charge in [0.05, 0.1) is 5.16 Å². The Labute approximate surface area is 163 Å². The predicted octanol–water partition coefficient (Wildman–Crippen LogP) is 7.27. The topological polar surface area (TPSA) is 12.4 Å². The van der Waals surface area contributed by atoms with Gasteiger partial charge in [-0.1, -0.05) is 35.9 Å². The zero-order chi connectivity index (χ0) is 19.7. The molecule has 3 rings (SSSR count). The maximum atomic E-state index is 14.2. The van der Waals surface area contributed by atoms with Crippen LogP contribution >= 0.6 is 12.2 Å². The fourth-order valence-electron chi connectivity index (χ4n) is 3.65. The van der Waals surface area contributed by atoms with Crippen LogP contribution in [0.25, 0.3) is 22.3 Å². The Morgan fingerprint density at radius 3 is 1.89 bits per heavy atom. The number of nitrogens with zero attached hydrogens (tertiary/aromatic N) is 1. The molecule has 0 amide bonds. The molecule has 0 aromatic heterocycles. The Bertz CT molecular complexity index is 1050. The average molecular weight is 379 g/mol. The van der Waals surface area contributed by atoms with E-state index in [9.17, 15) is 8.78 Å². The molecular formula is C23H19F2NS. The fraction of sp³-hybridized carbons (Fsp3) is 0.174. The van der Waals surface area contributed by atoms with Gasteiger partial charge in [-0.2, -0.15) is 4.99 Å². The largest absolute Gasteiger partial charge is 0.204 e. The lowest BCUT2D eigenvalue weighted by Gasteiger charge is -2.14. The van der Waals surface area contributed by atoms with Crippen molar-refractivity contribution in [3.05, 3.63) is 76.4 Å². The van der Waals surface area contributed by atoms with Crippen molar-refractivity contribution in [2.45, 2.75) is 27.7 Å². The summed E-state index contributed by atoms with van der Waals surface area (Å²) in [7, 11) is 0. The number of hydrogen-bond donors (Lipinski definition) is 0. The number of thiocarbonyl (C=S) groups is 1. The van der Waals surface area contributed by atoms with E-state index in [0.717, 1.165) is 16.7 Å². The molecule has 1 nitrogen and oxygen atoms in total. The van der Waals surface area contributed by atoms with Crippen LogP contribution in [-0.4, -0.2) is 5.16 Å². The van der Waals surface area contributed by atoms with Crippen LogP contribution < -0.4 is 0 Å². The Balaban J connectivity index is 2.10. The molecule has 136 valence electrons. The minimum atomic E-state index is -0.754. The van der Waals surface area contributed by atoms with Crippen LogP contribution in [0.2, 0.25) is 0 Å². The maximum absolute atomic E-state index is 14.2. The van der Waals surface area contributed by atoms with Gasteiger partial charge in [0.15, 0.2) is 11.6 Å². The predicted molar refractivity (Wildman–Crippen MR) is 111 cm³/mol. The lowest BCUT2D eigenvalue weighted by molar-refractivity contribution is 0.588.